The fourth-order valence-corrected chi connectivity index (χ4v) is 2.52. The van der Waals surface area contributed by atoms with Crippen LogP contribution in [-0.2, 0) is 4.74 Å². The lowest BCUT2D eigenvalue weighted by atomic mass is 10.1. The summed E-state index contributed by atoms with van der Waals surface area (Å²) in [7, 11) is 0. The van der Waals surface area contributed by atoms with Gasteiger partial charge in [-0.2, -0.15) is 0 Å². The van der Waals surface area contributed by atoms with Crippen LogP contribution in [0.5, 0.6) is 0 Å². The maximum Gasteiger partial charge on any atom is 0.163 e. The predicted molar refractivity (Wildman–Crippen MR) is 64.9 cm³/mol. The van der Waals surface area contributed by atoms with Gasteiger partial charge in [0.05, 0.1) is 12.1 Å². The van der Waals surface area contributed by atoms with Gasteiger partial charge < -0.3 is 24.6 Å². The van der Waals surface area contributed by atoms with Crippen LogP contribution >= 0.6 is 0 Å². The fraction of sp³-hybridized carbons (Fsp3) is 0.385. The molecule has 1 aromatic carbocycles. The lowest BCUT2D eigenvalue weighted by Gasteiger charge is -2.18. The third-order valence-corrected chi connectivity index (χ3v) is 3.54. The van der Waals surface area contributed by atoms with E-state index >= 15 is 0 Å². The summed E-state index contributed by atoms with van der Waals surface area (Å²) in [5.74, 6) is -1.47. The lowest BCUT2D eigenvalue weighted by molar-refractivity contribution is -0.0506. The van der Waals surface area contributed by atoms with Gasteiger partial charge in [-0.3, -0.25) is 0 Å². The third kappa shape index (κ3) is 1.90. The first-order chi connectivity index (χ1) is 9.52. The second-order valence-corrected chi connectivity index (χ2v) is 4.77. The molecule has 2 aromatic rings. The van der Waals surface area contributed by atoms with Crippen molar-refractivity contribution in [2.75, 3.05) is 6.61 Å². The molecule has 1 aliphatic rings. The van der Waals surface area contributed by atoms with Crippen LogP contribution in [0, 0.1) is 11.6 Å². The number of hydrogen-bond donors (Lipinski definition) is 3. The van der Waals surface area contributed by atoms with Crippen LogP contribution in [0.3, 0.4) is 0 Å². The van der Waals surface area contributed by atoms with Gasteiger partial charge in [0.15, 0.2) is 6.23 Å². The fourth-order valence-electron chi connectivity index (χ4n) is 2.52. The molecular weight excluding hydrogens is 272 g/mol. The van der Waals surface area contributed by atoms with Gasteiger partial charge in [0.2, 0.25) is 0 Å². The van der Waals surface area contributed by atoms with Crippen molar-refractivity contribution >= 4 is 10.9 Å². The van der Waals surface area contributed by atoms with Crippen LogP contribution in [0.4, 0.5) is 8.78 Å². The molecular formula is C13H13F2NO4. The molecule has 7 heteroatoms. The molecule has 0 spiro atoms. The first kappa shape index (κ1) is 13.4. The van der Waals surface area contributed by atoms with E-state index < -0.39 is 42.8 Å². The quantitative estimate of drug-likeness (QED) is 0.752. The Morgan fingerprint density at radius 2 is 1.95 bits per heavy atom. The summed E-state index contributed by atoms with van der Waals surface area (Å²) < 4.78 is 33.6. The van der Waals surface area contributed by atoms with E-state index in [1.807, 2.05) is 0 Å². The Morgan fingerprint density at radius 3 is 2.60 bits per heavy atom. The minimum atomic E-state index is -1.30. The summed E-state index contributed by atoms with van der Waals surface area (Å²) in [4.78, 5) is 0. The highest BCUT2D eigenvalue weighted by Crippen LogP contribution is 2.33. The summed E-state index contributed by atoms with van der Waals surface area (Å²) in [5, 5.41) is 28.9. The molecule has 1 aromatic heterocycles. The zero-order valence-electron chi connectivity index (χ0n) is 10.3. The van der Waals surface area contributed by atoms with E-state index in [0.717, 1.165) is 12.1 Å². The topological polar surface area (TPSA) is 74.9 Å². The smallest absolute Gasteiger partial charge is 0.163 e. The summed E-state index contributed by atoms with van der Waals surface area (Å²) in [6.07, 6.45) is -3.07. The number of rotatable bonds is 2. The van der Waals surface area contributed by atoms with Crippen molar-refractivity contribution in [1.29, 1.82) is 0 Å². The van der Waals surface area contributed by atoms with Crippen molar-refractivity contribution in [3.63, 3.8) is 0 Å². The molecule has 2 heterocycles. The van der Waals surface area contributed by atoms with Gasteiger partial charge >= 0.3 is 0 Å². The predicted octanol–water partition coefficient (Wildman–Crippen LogP) is 0.531. The molecule has 0 saturated carbocycles. The van der Waals surface area contributed by atoms with Gasteiger partial charge in [-0.25, -0.2) is 8.78 Å². The number of aromatic nitrogens is 1. The van der Waals surface area contributed by atoms with E-state index in [1.54, 1.807) is 0 Å². The van der Waals surface area contributed by atoms with Gasteiger partial charge in [-0.1, -0.05) is 0 Å². The molecule has 3 N–H and O–H groups in total. The van der Waals surface area contributed by atoms with Crippen molar-refractivity contribution in [1.82, 2.24) is 4.57 Å². The van der Waals surface area contributed by atoms with E-state index in [9.17, 15) is 19.0 Å². The van der Waals surface area contributed by atoms with Gasteiger partial charge in [-0.05, 0) is 12.1 Å². The molecule has 1 aliphatic heterocycles. The molecule has 0 bridgehead atoms. The second-order valence-electron chi connectivity index (χ2n) is 4.77. The van der Waals surface area contributed by atoms with Crippen LogP contribution in [0.25, 0.3) is 10.9 Å². The van der Waals surface area contributed by atoms with Crippen LogP contribution < -0.4 is 0 Å². The highest BCUT2D eigenvalue weighted by molar-refractivity contribution is 5.81. The SMILES string of the molecule is OC[C@H]1O[C@@H](n2ccc3c(F)cc(F)cc32)[C@H](O)[C@@H]1O. The Hall–Kier alpha value is -1.54. The number of ether oxygens (including phenoxy) is 1. The molecule has 0 unspecified atom stereocenters. The summed E-state index contributed by atoms with van der Waals surface area (Å²) in [5.41, 5.74) is 0.206. The van der Waals surface area contributed by atoms with E-state index in [0.29, 0.717) is 0 Å². The molecule has 0 aliphatic carbocycles. The van der Waals surface area contributed by atoms with Crippen molar-refractivity contribution in [3.8, 4) is 0 Å². The molecule has 1 saturated heterocycles. The molecule has 0 amide bonds. The number of aliphatic hydroxyl groups excluding tert-OH is 3. The molecule has 4 atom stereocenters. The number of aliphatic hydroxyl groups is 3. The van der Waals surface area contributed by atoms with Crippen molar-refractivity contribution in [2.45, 2.75) is 24.5 Å². The first-order valence-electron chi connectivity index (χ1n) is 6.11. The minimum absolute atomic E-state index is 0.184. The Kier molecular flexibility index (Phi) is 3.21. The summed E-state index contributed by atoms with van der Waals surface area (Å²) in [6, 6.07) is 3.32. The number of hydrogen-bond acceptors (Lipinski definition) is 4. The monoisotopic (exact) mass is 285 g/mol. The molecule has 20 heavy (non-hydrogen) atoms. The normalized spacial score (nSPS) is 30.2. The van der Waals surface area contributed by atoms with Gasteiger partial charge in [-0.15, -0.1) is 0 Å². The Labute approximate surface area is 112 Å². The summed E-state index contributed by atoms with van der Waals surface area (Å²) in [6.45, 7) is -0.462. The Morgan fingerprint density at radius 1 is 1.20 bits per heavy atom. The number of fused-ring (bicyclic) bond motifs is 1. The standard InChI is InChI=1S/C13H13F2NO4/c14-6-3-8(15)7-1-2-16(9(7)4-6)13-12(19)11(18)10(5-17)20-13/h1-4,10-13,17-19H,5H2/t10-,11-,12-,13-/m1/s1. The molecule has 3 rings (SSSR count). The number of halogens is 2. The third-order valence-electron chi connectivity index (χ3n) is 3.54. The average Bonchev–Trinajstić information content (AvgIpc) is 2.93. The van der Waals surface area contributed by atoms with Gasteiger partial charge in [0.1, 0.15) is 29.9 Å². The molecule has 5 nitrogen and oxygen atoms in total. The second kappa shape index (κ2) is 4.78. The van der Waals surface area contributed by atoms with Gasteiger partial charge in [0.25, 0.3) is 0 Å². The molecule has 0 radical (unpaired) electrons. The van der Waals surface area contributed by atoms with Crippen LogP contribution in [0.1, 0.15) is 6.23 Å². The van der Waals surface area contributed by atoms with Crippen LogP contribution in [0.2, 0.25) is 0 Å². The van der Waals surface area contributed by atoms with Crippen molar-refractivity contribution in [2.24, 2.45) is 0 Å². The van der Waals surface area contributed by atoms with Crippen molar-refractivity contribution < 1.29 is 28.8 Å². The molecule has 108 valence electrons. The van der Waals surface area contributed by atoms with E-state index in [2.05, 4.69) is 0 Å². The minimum Gasteiger partial charge on any atom is -0.394 e. The van der Waals surface area contributed by atoms with E-state index in [-0.39, 0.29) is 10.9 Å². The average molecular weight is 285 g/mol. The summed E-state index contributed by atoms with van der Waals surface area (Å²) >= 11 is 0. The number of benzene rings is 1. The van der Waals surface area contributed by atoms with Crippen LogP contribution in [0.15, 0.2) is 24.4 Å². The maximum absolute atomic E-state index is 13.6. The van der Waals surface area contributed by atoms with Gasteiger partial charge in [0, 0.05) is 17.6 Å². The highest BCUT2D eigenvalue weighted by atomic mass is 19.1. The van der Waals surface area contributed by atoms with E-state index in [1.165, 1.54) is 16.8 Å². The van der Waals surface area contributed by atoms with E-state index in [4.69, 9.17) is 9.84 Å². The maximum atomic E-state index is 13.6. The lowest BCUT2D eigenvalue weighted by Crippen LogP contribution is -2.33. The Bertz CT molecular complexity index is 645. The highest BCUT2D eigenvalue weighted by Gasteiger charge is 2.43. The van der Waals surface area contributed by atoms with Crippen LogP contribution in [-0.4, -0.2) is 44.8 Å². The number of nitrogens with zero attached hydrogens (tertiary/aromatic N) is 1. The molecule has 1 fully saturated rings. The van der Waals surface area contributed by atoms with Crippen molar-refractivity contribution in [3.05, 3.63) is 36.0 Å². The largest absolute Gasteiger partial charge is 0.394 e. The Balaban J connectivity index is 2.07. The zero-order chi connectivity index (χ0) is 14.4. The first-order valence-corrected chi connectivity index (χ1v) is 6.11. The zero-order valence-corrected chi connectivity index (χ0v) is 10.3.